The molecule has 4 rings (SSSR count). The Morgan fingerprint density at radius 2 is 1.79 bits per heavy atom. The molecule has 0 aromatic heterocycles. The SMILES string of the molecule is CNCCOc1ccc(C2Oc3ccccc3C(C)=C2c2cccc(O)c2)cc1. The van der Waals surface area contributed by atoms with Gasteiger partial charge in [0.05, 0.1) is 0 Å². The molecule has 0 saturated heterocycles. The molecule has 0 bridgehead atoms. The number of likely N-dealkylation sites (N-methyl/N-ethyl adjacent to an activating group) is 1. The summed E-state index contributed by atoms with van der Waals surface area (Å²) in [7, 11) is 1.91. The lowest BCUT2D eigenvalue weighted by molar-refractivity contribution is 0.259. The highest BCUT2D eigenvalue weighted by atomic mass is 16.5. The summed E-state index contributed by atoms with van der Waals surface area (Å²) in [4.78, 5) is 0. The van der Waals surface area contributed by atoms with Crippen molar-refractivity contribution in [1.29, 1.82) is 0 Å². The van der Waals surface area contributed by atoms with Crippen molar-refractivity contribution >= 4 is 11.1 Å². The maximum absolute atomic E-state index is 10.0. The van der Waals surface area contributed by atoms with Gasteiger partial charge in [0.2, 0.25) is 0 Å². The second-order valence-corrected chi connectivity index (χ2v) is 7.10. The van der Waals surface area contributed by atoms with Gasteiger partial charge in [0.25, 0.3) is 0 Å². The van der Waals surface area contributed by atoms with Crippen LogP contribution in [0.2, 0.25) is 0 Å². The van der Waals surface area contributed by atoms with Crippen LogP contribution in [-0.2, 0) is 0 Å². The number of allylic oxidation sites excluding steroid dienone is 1. The summed E-state index contributed by atoms with van der Waals surface area (Å²) >= 11 is 0. The second kappa shape index (κ2) is 8.41. The van der Waals surface area contributed by atoms with Gasteiger partial charge in [-0.15, -0.1) is 0 Å². The van der Waals surface area contributed by atoms with Crippen LogP contribution < -0.4 is 14.8 Å². The molecular formula is C25H25NO3. The monoisotopic (exact) mass is 387 g/mol. The van der Waals surface area contributed by atoms with E-state index in [2.05, 4.69) is 18.3 Å². The Hall–Kier alpha value is -3.24. The van der Waals surface area contributed by atoms with E-state index in [0.29, 0.717) is 6.61 Å². The maximum Gasteiger partial charge on any atom is 0.150 e. The molecule has 4 nitrogen and oxygen atoms in total. The lowest BCUT2D eigenvalue weighted by atomic mass is 9.86. The molecule has 4 heteroatoms. The second-order valence-electron chi connectivity index (χ2n) is 7.10. The molecule has 1 atom stereocenters. The average Bonchev–Trinajstić information content (AvgIpc) is 2.74. The topological polar surface area (TPSA) is 50.7 Å². The van der Waals surface area contributed by atoms with Crippen LogP contribution in [0.5, 0.6) is 17.2 Å². The van der Waals surface area contributed by atoms with Crippen LogP contribution in [0.1, 0.15) is 29.7 Å². The fourth-order valence-corrected chi connectivity index (χ4v) is 3.69. The van der Waals surface area contributed by atoms with Gasteiger partial charge in [0, 0.05) is 17.7 Å². The number of ether oxygens (including phenoxy) is 2. The van der Waals surface area contributed by atoms with E-state index in [1.165, 1.54) is 0 Å². The van der Waals surface area contributed by atoms with E-state index in [9.17, 15) is 5.11 Å². The number of phenols is 1. The van der Waals surface area contributed by atoms with Crippen LogP contribution >= 0.6 is 0 Å². The predicted molar refractivity (Wildman–Crippen MR) is 116 cm³/mol. The lowest BCUT2D eigenvalue weighted by Gasteiger charge is -2.31. The zero-order valence-corrected chi connectivity index (χ0v) is 16.7. The number of benzene rings is 3. The van der Waals surface area contributed by atoms with Crippen molar-refractivity contribution in [2.75, 3.05) is 20.2 Å². The molecule has 0 fully saturated rings. The summed E-state index contributed by atoms with van der Waals surface area (Å²) < 4.78 is 12.2. The van der Waals surface area contributed by atoms with Crippen LogP contribution in [-0.4, -0.2) is 25.3 Å². The molecule has 1 aliphatic heterocycles. The molecular weight excluding hydrogens is 362 g/mol. The van der Waals surface area contributed by atoms with Crippen LogP contribution in [0.15, 0.2) is 72.8 Å². The Bertz CT molecular complexity index is 1020. The largest absolute Gasteiger partial charge is 0.508 e. The first kappa shape index (κ1) is 19.1. The number of phenolic OH excluding ortho intramolecular Hbond substituents is 1. The minimum atomic E-state index is -0.266. The van der Waals surface area contributed by atoms with E-state index < -0.39 is 0 Å². The zero-order valence-electron chi connectivity index (χ0n) is 16.7. The number of fused-ring (bicyclic) bond motifs is 1. The van der Waals surface area contributed by atoms with Crippen molar-refractivity contribution in [2.24, 2.45) is 0 Å². The highest BCUT2D eigenvalue weighted by Crippen LogP contribution is 2.46. The molecule has 3 aromatic carbocycles. The number of hydrogen-bond donors (Lipinski definition) is 2. The van der Waals surface area contributed by atoms with Crippen molar-refractivity contribution in [3.63, 3.8) is 0 Å². The average molecular weight is 387 g/mol. The Labute approximate surface area is 171 Å². The molecule has 0 saturated carbocycles. The molecule has 2 N–H and O–H groups in total. The van der Waals surface area contributed by atoms with Crippen molar-refractivity contribution in [3.05, 3.63) is 89.5 Å². The summed E-state index contributed by atoms with van der Waals surface area (Å²) in [6.45, 7) is 3.54. The van der Waals surface area contributed by atoms with Gasteiger partial charge in [-0.1, -0.05) is 42.5 Å². The molecule has 0 amide bonds. The molecule has 0 spiro atoms. The number of para-hydroxylation sites is 1. The number of aromatic hydroxyl groups is 1. The van der Waals surface area contributed by atoms with Crippen molar-refractivity contribution in [2.45, 2.75) is 13.0 Å². The highest BCUT2D eigenvalue weighted by molar-refractivity contribution is 5.95. The molecule has 1 heterocycles. The fourth-order valence-electron chi connectivity index (χ4n) is 3.69. The standard InChI is InChI=1S/C25H25NO3/c1-17-22-8-3-4-9-23(22)29-25(24(17)19-6-5-7-20(27)16-19)18-10-12-21(13-11-18)28-15-14-26-2/h3-13,16,25-27H,14-15H2,1-2H3. The van der Waals surface area contributed by atoms with E-state index in [1.807, 2.05) is 61.6 Å². The quantitative estimate of drug-likeness (QED) is 0.581. The van der Waals surface area contributed by atoms with Crippen LogP contribution in [0.4, 0.5) is 0 Å². The maximum atomic E-state index is 10.0. The Kier molecular flexibility index (Phi) is 5.54. The number of hydrogen-bond acceptors (Lipinski definition) is 4. The minimum absolute atomic E-state index is 0.244. The third-order valence-electron chi connectivity index (χ3n) is 5.16. The molecule has 0 radical (unpaired) electrons. The van der Waals surface area contributed by atoms with E-state index >= 15 is 0 Å². The Morgan fingerprint density at radius 3 is 2.55 bits per heavy atom. The van der Waals surface area contributed by atoms with Crippen molar-refractivity contribution < 1.29 is 14.6 Å². The summed E-state index contributed by atoms with van der Waals surface area (Å²) in [6.07, 6.45) is -0.266. The first-order chi connectivity index (χ1) is 14.2. The Balaban J connectivity index is 1.74. The van der Waals surface area contributed by atoms with Crippen LogP contribution in [0, 0.1) is 0 Å². The summed E-state index contributed by atoms with van der Waals surface area (Å²) in [5.41, 5.74) is 5.28. The first-order valence-electron chi connectivity index (χ1n) is 9.81. The van der Waals surface area contributed by atoms with Gasteiger partial charge in [-0.25, -0.2) is 0 Å². The van der Waals surface area contributed by atoms with Gasteiger partial charge in [0.15, 0.2) is 0 Å². The normalized spacial score (nSPS) is 15.6. The van der Waals surface area contributed by atoms with Gasteiger partial charge >= 0.3 is 0 Å². The van der Waals surface area contributed by atoms with E-state index in [-0.39, 0.29) is 11.9 Å². The zero-order chi connectivity index (χ0) is 20.2. The van der Waals surface area contributed by atoms with Gasteiger partial charge in [-0.2, -0.15) is 0 Å². The highest BCUT2D eigenvalue weighted by Gasteiger charge is 2.29. The third-order valence-corrected chi connectivity index (χ3v) is 5.16. The first-order valence-corrected chi connectivity index (χ1v) is 9.81. The fraction of sp³-hybridized carbons (Fsp3) is 0.200. The minimum Gasteiger partial charge on any atom is -0.508 e. The van der Waals surface area contributed by atoms with E-state index in [4.69, 9.17) is 9.47 Å². The molecule has 148 valence electrons. The molecule has 1 unspecified atom stereocenters. The Morgan fingerprint density at radius 1 is 1.00 bits per heavy atom. The lowest BCUT2D eigenvalue weighted by Crippen LogP contribution is -2.17. The van der Waals surface area contributed by atoms with E-state index in [0.717, 1.165) is 45.9 Å². The van der Waals surface area contributed by atoms with Crippen LogP contribution in [0.25, 0.3) is 11.1 Å². The number of nitrogens with one attached hydrogen (secondary N) is 1. The van der Waals surface area contributed by atoms with Gasteiger partial charge in [-0.05, 0) is 61.0 Å². The van der Waals surface area contributed by atoms with Crippen molar-refractivity contribution in [3.8, 4) is 17.2 Å². The predicted octanol–water partition coefficient (Wildman–Crippen LogP) is 5.05. The molecule has 3 aromatic rings. The third kappa shape index (κ3) is 3.98. The van der Waals surface area contributed by atoms with Gasteiger partial charge in [-0.3, -0.25) is 0 Å². The van der Waals surface area contributed by atoms with E-state index in [1.54, 1.807) is 12.1 Å². The molecule has 0 aliphatic carbocycles. The summed E-state index contributed by atoms with van der Waals surface area (Å²) in [6, 6.07) is 23.5. The van der Waals surface area contributed by atoms with Crippen LogP contribution in [0.3, 0.4) is 0 Å². The number of rotatable bonds is 6. The van der Waals surface area contributed by atoms with Gasteiger partial charge < -0.3 is 19.9 Å². The van der Waals surface area contributed by atoms with Crippen molar-refractivity contribution in [1.82, 2.24) is 5.32 Å². The van der Waals surface area contributed by atoms with Gasteiger partial charge in [0.1, 0.15) is 30.0 Å². The smallest absolute Gasteiger partial charge is 0.150 e. The molecule has 1 aliphatic rings. The summed E-state index contributed by atoms with van der Waals surface area (Å²) in [5, 5.41) is 13.1. The molecule has 29 heavy (non-hydrogen) atoms. The summed E-state index contributed by atoms with van der Waals surface area (Å²) in [5.74, 6) is 1.95.